The molecule has 0 bridgehead atoms. The van der Waals surface area contributed by atoms with Gasteiger partial charge in [0.1, 0.15) is 0 Å². The first-order chi connectivity index (χ1) is 4.13. The monoisotopic (exact) mass is 226 g/mol. The molecule has 1 aromatic rings. The summed E-state index contributed by atoms with van der Waals surface area (Å²) in [5.41, 5.74) is 5.02. The summed E-state index contributed by atoms with van der Waals surface area (Å²) in [5.74, 6) is 0. The van der Waals surface area contributed by atoms with Gasteiger partial charge in [-0.2, -0.15) is 11.4 Å². The van der Waals surface area contributed by atoms with Crippen LogP contribution in [0.25, 0.3) is 0 Å². The van der Waals surface area contributed by atoms with Gasteiger partial charge in [-0.3, -0.25) is 0 Å². The van der Waals surface area contributed by atoms with E-state index in [9.17, 15) is 0 Å². The Morgan fingerprint density at radius 3 is 1.18 bits per heavy atom. The molecule has 1 heterocycles. The summed E-state index contributed by atoms with van der Waals surface area (Å²) in [4.78, 5) is 4.31. The van der Waals surface area contributed by atoms with Crippen molar-refractivity contribution < 1.29 is 32.7 Å². The average molecular weight is 226 g/mol. The van der Waals surface area contributed by atoms with Crippen LogP contribution < -0.4 is 4.98 Å². The Kier molecular flexibility index (Phi) is 6.47. The van der Waals surface area contributed by atoms with E-state index in [1.807, 2.05) is 0 Å². The molecule has 1 aromatic heterocycles. The van der Waals surface area contributed by atoms with Crippen molar-refractivity contribution in [2.75, 3.05) is 0 Å². The Bertz CT molecular complexity index is 203. The quantitative estimate of drug-likeness (QED) is 0.619. The van der Waals surface area contributed by atoms with Crippen LogP contribution in [0.5, 0.6) is 0 Å². The van der Waals surface area contributed by atoms with Crippen molar-refractivity contribution in [1.82, 2.24) is 4.98 Å². The Labute approximate surface area is 94.9 Å². The fraction of sp³-hybridized carbons (Fsp3) is 0.444. The van der Waals surface area contributed by atoms with Crippen molar-refractivity contribution in [2.45, 2.75) is 27.7 Å². The fourth-order valence-electron chi connectivity index (χ4n) is 0.962. The molecule has 58 valence electrons. The molecule has 0 unspecified atom stereocenters. The maximum Gasteiger partial charge on any atom is 3.00 e. The van der Waals surface area contributed by atoms with Crippen molar-refractivity contribution in [3.8, 4) is 0 Å². The van der Waals surface area contributed by atoms with Crippen LogP contribution in [0.15, 0.2) is 0 Å². The van der Waals surface area contributed by atoms with Crippen molar-refractivity contribution in [1.29, 1.82) is 0 Å². The molecule has 2 heteroatoms. The van der Waals surface area contributed by atoms with Crippen molar-refractivity contribution in [3.05, 3.63) is 29.9 Å². The molecule has 0 spiro atoms. The molecule has 0 aliphatic rings. The zero-order valence-electron chi connectivity index (χ0n) is 8.02. The number of nitrogens with zero attached hydrogens (tertiary/aromatic N) is 1. The molecule has 1 nitrogen and oxygen atoms in total. The molecule has 11 heavy (non-hydrogen) atoms. The summed E-state index contributed by atoms with van der Waals surface area (Å²) in [6.07, 6.45) is 0. The average Bonchev–Trinajstić information content (AvgIpc) is 1.98. The van der Waals surface area contributed by atoms with E-state index in [4.69, 9.17) is 0 Å². The van der Waals surface area contributed by atoms with E-state index in [2.05, 4.69) is 32.7 Å². The van der Waals surface area contributed by atoms with Gasteiger partial charge in [0.2, 0.25) is 0 Å². The summed E-state index contributed by atoms with van der Waals surface area (Å²) in [6, 6.07) is 0. The molecule has 0 aromatic carbocycles. The normalized spacial score (nSPS) is 8.36. The number of aryl methyl sites for hydroxylation is 2. The predicted octanol–water partition coefficient (Wildman–Crippen LogP) is 2.33. The van der Waals surface area contributed by atoms with Gasteiger partial charge in [0.15, 0.2) is 0 Å². The molecular weight excluding hydrogens is 211 g/mol. The van der Waals surface area contributed by atoms with E-state index in [1.54, 1.807) is 0 Å². The fourth-order valence-corrected chi connectivity index (χ4v) is 0.962. The van der Waals surface area contributed by atoms with E-state index in [0.29, 0.717) is 0 Å². The SMILES string of the molecule is Cc1[n-]c(C)c(C)c1C.[CH3-].[Y+3]. The van der Waals surface area contributed by atoms with Crippen LogP contribution in [-0.4, -0.2) is 0 Å². The third-order valence-electron chi connectivity index (χ3n) is 1.98. The molecule has 0 fully saturated rings. The van der Waals surface area contributed by atoms with Gasteiger partial charge in [0.25, 0.3) is 0 Å². The van der Waals surface area contributed by atoms with Gasteiger partial charge in [-0.05, 0) is 13.8 Å². The number of hydrogen-bond donors (Lipinski definition) is 0. The smallest absolute Gasteiger partial charge is 0.665 e. The predicted molar refractivity (Wildman–Crippen MR) is 45.1 cm³/mol. The minimum atomic E-state index is 0. The van der Waals surface area contributed by atoms with Gasteiger partial charge in [-0.25, -0.2) is 0 Å². The second-order valence-corrected chi connectivity index (χ2v) is 2.53. The van der Waals surface area contributed by atoms with E-state index in [-0.39, 0.29) is 40.1 Å². The largest absolute Gasteiger partial charge is 3.00 e. The first-order valence-electron chi connectivity index (χ1n) is 3.20. The van der Waals surface area contributed by atoms with Crippen LogP contribution in [0.4, 0.5) is 0 Å². The summed E-state index contributed by atoms with van der Waals surface area (Å²) in [6.45, 7) is 8.33. The Morgan fingerprint density at radius 1 is 0.818 bits per heavy atom. The topological polar surface area (TPSA) is 14.1 Å². The zero-order chi connectivity index (χ0) is 7.02. The van der Waals surface area contributed by atoms with Crippen LogP contribution in [0.2, 0.25) is 0 Å². The molecule has 0 saturated heterocycles. The van der Waals surface area contributed by atoms with E-state index >= 15 is 0 Å². The maximum atomic E-state index is 4.31. The summed E-state index contributed by atoms with van der Waals surface area (Å²) < 4.78 is 0. The Morgan fingerprint density at radius 2 is 1.09 bits per heavy atom. The molecule has 0 aliphatic heterocycles. The minimum Gasteiger partial charge on any atom is -0.665 e. The zero-order valence-corrected chi connectivity index (χ0v) is 10.9. The van der Waals surface area contributed by atoms with E-state index in [0.717, 1.165) is 0 Å². The van der Waals surface area contributed by atoms with Crippen LogP contribution in [0.1, 0.15) is 22.5 Å². The first-order valence-corrected chi connectivity index (χ1v) is 3.20. The Balaban J connectivity index is 0. The van der Waals surface area contributed by atoms with Gasteiger partial charge < -0.3 is 12.4 Å². The van der Waals surface area contributed by atoms with Gasteiger partial charge in [-0.15, -0.1) is 0 Å². The molecule has 0 atom stereocenters. The van der Waals surface area contributed by atoms with Gasteiger partial charge in [0.05, 0.1) is 0 Å². The third-order valence-corrected chi connectivity index (χ3v) is 1.98. The minimum absolute atomic E-state index is 0. The van der Waals surface area contributed by atoms with Gasteiger partial charge in [-0.1, -0.05) is 25.0 Å². The molecule has 0 saturated carbocycles. The molecule has 0 N–H and O–H groups in total. The number of rotatable bonds is 0. The standard InChI is InChI=1S/C8H12N.CH3.Y/c1-5-6(2)8(4)9-7(5)3;;/h1-4H3;1H3;/q2*-1;+3. The molecule has 0 aliphatic carbocycles. The van der Waals surface area contributed by atoms with E-state index in [1.165, 1.54) is 22.5 Å². The van der Waals surface area contributed by atoms with Crippen LogP contribution >= 0.6 is 0 Å². The van der Waals surface area contributed by atoms with Crippen molar-refractivity contribution in [2.24, 2.45) is 0 Å². The third kappa shape index (κ3) is 2.72. The van der Waals surface area contributed by atoms with E-state index < -0.39 is 0 Å². The second kappa shape index (κ2) is 5.10. The van der Waals surface area contributed by atoms with Crippen molar-refractivity contribution in [3.63, 3.8) is 0 Å². The van der Waals surface area contributed by atoms with Crippen LogP contribution in [0.3, 0.4) is 0 Å². The van der Waals surface area contributed by atoms with Crippen LogP contribution in [0, 0.1) is 35.1 Å². The molecule has 0 amide bonds. The number of hydrogen-bond acceptors (Lipinski definition) is 0. The van der Waals surface area contributed by atoms with Crippen LogP contribution in [-0.2, 0) is 32.7 Å². The Hall–Kier alpha value is 0.384. The molecule has 1 rings (SSSR count). The molecule has 0 radical (unpaired) electrons. The molecular formula is C9H15NY+. The second-order valence-electron chi connectivity index (χ2n) is 2.53. The first kappa shape index (κ1) is 13.9. The van der Waals surface area contributed by atoms with Crippen molar-refractivity contribution >= 4 is 0 Å². The number of aromatic nitrogens is 1. The van der Waals surface area contributed by atoms with Gasteiger partial charge >= 0.3 is 32.7 Å². The summed E-state index contributed by atoms with van der Waals surface area (Å²) >= 11 is 0. The maximum absolute atomic E-state index is 4.31. The summed E-state index contributed by atoms with van der Waals surface area (Å²) in [7, 11) is 0. The van der Waals surface area contributed by atoms with Gasteiger partial charge in [0, 0.05) is 0 Å². The summed E-state index contributed by atoms with van der Waals surface area (Å²) in [5, 5.41) is 0.